The molecule has 0 aromatic heterocycles. The molecule has 104 valence electrons. The molecular formula is C13H24N2O3. The van der Waals surface area contributed by atoms with Crippen LogP contribution >= 0.6 is 0 Å². The summed E-state index contributed by atoms with van der Waals surface area (Å²) >= 11 is 0. The number of rotatable bonds is 5. The number of hydrogen-bond donors (Lipinski definition) is 1. The lowest BCUT2D eigenvalue weighted by atomic mass is 9.77. The average Bonchev–Trinajstić information content (AvgIpc) is 2.35. The van der Waals surface area contributed by atoms with Crippen LogP contribution in [0, 0.1) is 0 Å². The molecule has 1 saturated carbocycles. The summed E-state index contributed by atoms with van der Waals surface area (Å²) in [6.07, 6.45) is 3.73. The number of methoxy groups -OCH3 is 1. The number of aliphatic hydroxyl groups excluding tert-OH is 1. The van der Waals surface area contributed by atoms with E-state index >= 15 is 0 Å². The zero-order valence-corrected chi connectivity index (χ0v) is 11.2. The second kappa shape index (κ2) is 5.99. The quantitative estimate of drug-likeness (QED) is 0.757. The molecule has 0 aromatic rings. The maximum absolute atomic E-state index is 12.2. The predicted molar refractivity (Wildman–Crippen MR) is 68.3 cm³/mol. The molecule has 0 spiro atoms. The van der Waals surface area contributed by atoms with Gasteiger partial charge in [0.15, 0.2) is 0 Å². The van der Waals surface area contributed by atoms with Gasteiger partial charge in [-0.25, -0.2) is 0 Å². The van der Waals surface area contributed by atoms with E-state index in [-0.39, 0.29) is 18.1 Å². The number of hydrogen-bond acceptors (Lipinski definition) is 4. The fraction of sp³-hybridized carbons (Fsp3) is 0.923. The second-order valence-electron chi connectivity index (χ2n) is 5.36. The topological polar surface area (TPSA) is 53.0 Å². The van der Waals surface area contributed by atoms with Crippen molar-refractivity contribution >= 4 is 5.91 Å². The summed E-state index contributed by atoms with van der Waals surface area (Å²) in [7, 11) is 1.71. The zero-order chi connectivity index (χ0) is 13.0. The molecule has 1 amide bonds. The Labute approximate surface area is 109 Å². The molecule has 0 radical (unpaired) electrons. The fourth-order valence-corrected chi connectivity index (χ4v) is 2.77. The van der Waals surface area contributed by atoms with Gasteiger partial charge in [-0.15, -0.1) is 0 Å². The third-order valence-corrected chi connectivity index (χ3v) is 4.31. The van der Waals surface area contributed by atoms with Crippen LogP contribution in [-0.2, 0) is 9.53 Å². The van der Waals surface area contributed by atoms with E-state index in [9.17, 15) is 4.79 Å². The molecule has 1 aliphatic heterocycles. The van der Waals surface area contributed by atoms with Crippen LogP contribution in [0.15, 0.2) is 0 Å². The highest BCUT2D eigenvalue weighted by molar-refractivity contribution is 5.77. The molecular weight excluding hydrogens is 232 g/mol. The summed E-state index contributed by atoms with van der Waals surface area (Å²) in [5, 5.41) is 8.88. The molecule has 1 saturated heterocycles. The Hall–Kier alpha value is -0.650. The first-order valence-electron chi connectivity index (χ1n) is 6.85. The maximum atomic E-state index is 12.2. The number of amides is 1. The van der Waals surface area contributed by atoms with E-state index in [1.165, 1.54) is 6.42 Å². The van der Waals surface area contributed by atoms with Crippen LogP contribution < -0.4 is 0 Å². The summed E-state index contributed by atoms with van der Waals surface area (Å²) in [6.45, 7) is 4.20. The van der Waals surface area contributed by atoms with Crippen molar-refractivity contribution in [1.82, 2.24) is 9.80 Å². The number of carbonyl (C=O) groups excluding carboxylic acids is 1. The molecule has 18 heavy (non-hydrogen) atoms. The van der Waals surface area contributed by atoms with E-state index in [1.807, 2.05) is 4.90 Å². The lowest BCUT2D eigenvalue weighted by Crippen LogP contribution is -2.52. The summed E-state index contributed by atoms with van der Waals surface area (Å²) in [6, 6.07) is 0. The zero-order valence-electron chi connectivity index (χ0n) is 11.2. The minimum atomic E-state index is -0.167. The Morgan fingerprint density at radius 2 is 1.94 bits per heavy atom. The van der Waals surface area contributed by atoms with Crippen molar-refractivity contribution in [3.05, 3.63) is 0 Å². The van der Waals surface area contributed by atoms with Crippen molar-refractivity contribution in [3.8, 4) is 0 Å². The van der Waals surface area contributed by atoms with Gasteiger partial charge in [0.2, 0.25) is 5.91 Å². The third kappa shape index (κ3) is 3.02. The van der Waals surface area contributed by atoms with Gasteiger partial charge in [-0.05, 0) is 19.3 Å². The van der Waals surface area contributed by atoms with Crippen molar-refractivity contribution in [3.63, 3.8) is 0 Å². The Bertz CT molecular complexity index is 278. The third-order valence-electron chi connectivity index (χ3n) is 4.31. The molecule has 1 heterocycles. The van der Waals surface area contributed by atoms with Gasteiger partial charge in [-0.3, -0.25) is 9.69 Å². The molecule has 1 aliphatic carbocycles. The number of piperazine rings is 1. The minimum absolute atomic E-state index is 0.167. The lowest BCUT2D eigenvalue weighted by molar-refractivity contribution is -0.145. The number of β-amino-alcohol motifs (C(OH)–C–C–N with tert-alkyl or cyclic N) is 1. The number of nitrogens with zero attached hydrogens (tertiary/aromatic N) is 2. The van der Waals surface area contributed by atoms with E-state index in [0.717, 1.165) is 39.0 Å². The van der Waals surface area contributed by atoms with Gasteiger partial charge < -0.3 is 14.7 Å². The summed E-state index contributed by atoms with van der Waals surface area (Å²) < 4.78 is 5.50. The largest absolute Gasteiger partial charge is 0.395 e. The van der Waals surface area contributed by atoms with Crippen LogP contribution in [-0.4, -0.2) is 72.9 Å². The molecule has 0 bridgehead atoms. The van der Waals surface area contributed by atoms with Crippen molar-refractivity contribution < 1.29 is 14.6 Å². The van der Waals surface area contributed by atoms with Crippen LogP contribution in [0.2, 0.25) is 0 Å². The number of ether oxygens (including phenoxy) is 1. The standard InChI is InChI=1S/C13H24N2O3/c1-18-13(3-2-4-13)11-12(17)15-7-5-14(6-8-15)9-10-16/h16H,2-11H2,1H3. The molecule has 1 N–H and O–H groups in total. The first-order valence-corrected chi connectivity index (χ1v) is 6.85. The van der Waals surface area contributed by atoms with Gasteiger partial charge in [0.05, 0.1) is 18.6 Å². The summed E-state index contributed by atoms with van der Waals surface area (Å²) in [5.41, 5.74) is -0.167. The van der Waals surface area contributed by atoms with Crippen molar-refractivity contribution in [1.29, 1.82) is 0 Å². The van der Waals surface area contributed by atoms with Crippen molar-refractivity contribution in [2.45, 2.75) is 31.3 Å². The Kier molecular flexibility index (Phi) is 4.59. The van der Waals surface area contributed by atoms with Gasteiger partial charge >= 0.3 is 0 Å². The van der Waals surface area contributed by atoms with Crippen LogP contribution in [0.5, 0.6) is 0 Å². The monoisotopic (exact) mass is 256 g/mol. The highest BCUT2D eigenvalue weighted by Crippen LogP contribution is 2.38. The molecule has 0 unspecified atom stereocenters. The van der Waals surface area contributed by atoms with E-state index < -0.39 is 0 Å². The van der Waals surface area contributed by atoms with E-state index in [0.29, 0.717) is 13.0 Å². The highest BCUT2D eigenvalue weighted by atomic mass is 16.5. The van der Waals surface area contributed by atoms with Gasteiger partial charge in [0.1, 0.15) is 0 Å². The Morgan fingerprint density at radius 3 is 2.39 bits per heavy atom. The fourth-order valence-electron chi connectivity index (χ4n) is 2.77. The van der Waals surface area contributed by atoms with Crippen molar-refractivity contribution in [2.75, 3.05) is 46.4 Å². The van der Waals surface area contributed by atoms with E-state index in [2.05, 4.69) is 4.90 Å². The summed E-state index contributed by atoms with van der Waals surface area (Å²) in [5.74, 6) is 0.222. The molecule has 2 fully saturated rings. The maximum Gasteiger partial charge on any atom is 0.225 e. The molecule has 2 aliphatic rings. The van der Waals surface area contributed by atoms with E-state index in [1.54, 1.807) is 7.11 Å². The first-order chi connectivity index (χ1) is 8.69. The van der Waals surface area contributed by atoms with Gasteiger partial charge in [0, 0.05) is 39.8 Å². The molecule has 5 nitrogen and oxygen atoms in total. The average molecular weight is 256 g/mol. The SMILES string of the molecule is COC1(CC(=O)N2CCN(CCO)CC2)CCC1. The predicted octanol–water partition coefficient (Wildman–Crippen LogP) is 0.0821. The molecule has 2 rings (SSSR count). The van der Waals surface area contributed by atoms with Crippen LogP contribution in [0.4, 0.5) is 0 Å². The number of carbonyl (C=O) groups is 1. The van der Waals surface area contributed by atoms with Crippen LogP contribution in [0.1, 0.15) is 25.7 Å². The molecule has 0 atom stereocenters. The highest BCUT2D eigenvalue weighted by Gasteiger charge is 2.40. The van der Waals surface area contributed by atoms with Gasteiger partial charge in [-0.2, -0.15) is 0 Å². The Balaban J connectivity index is 1.77. The Morgan fingerprint density at radius 1 is 1.28 bits per heavy atom. The lowest BCUT2D eigenvalue weighted by Gasteiger charge is -2.42. The minimum Gasteiger partial charge on any atom is -0.395 e. The molecule has 5 heteroatoms. The molecule has 0 aromatic carbocycles. The smallest absolute Gasteiger partial charge is 0.225 e. The van der Waals surface area contributed by atoms with Gasteiger partial charge in [-0.1, -0.05) is 0 Å². The summed E-state index contributed by atoms with van der Waals surface area (Å²) in [4.78, 5) is 16.3. The normalized spacial score (nSPS) is 23.8. The van der Waals surface area contributed by atoms with Crippen molar-refractivity contribution in [2.24, 2.45) is 0 Å². The van der Waals surface area contributed by atoms with Crippen LogP contribution in [0.3, 0.4) is 0 Å². The van der Waals surface area contributed by atoms with Crippen LogP contribution in [0.25, 0.3) is 0 Å². The second-order valence-corrected chi connectivity index (χ2v) is 5.36. The van der Waals surface area contributed by atoms with E-state index in [4.69, 9.17) is 9.84 Å². The van der Waals surface area contributed by atoms with Gasteiger partial charge in [0.25, 0.3) is 0 Å². The first kappa shape index (κ1) is 13.8. The number of aliphatic hydroxyl groups is 1.